The van der Waals surface area contributed by atoms with Gasteiger partial charge in [-0.15, -0.1) is 0 Å². The van der Waals surface area contributed by atoms with Crippen molar-refractivity contribution in [3.05, 3.63) is 47.3 Å². The van der Waals surface area contributed by atoms with E-state index in [0.29, 0.717) is 24.1 Å². The summed E-state index contributed by atoms with van der Waals surface area (Å²) < 4.78 is 5.20. The van der Waals surface area contributed by atoms with Gasteiger partial charge in [-0.3, -0.25) is 14.9 Å². The van der Waals surface area contributed by atoms with Crippen molar-refractivity contribution in [1.82, 2.24) is 9.97 Å². The first-order chi connectivity index (χ1) is 13.0. The Hall–Kier alpha value is -2.76. The summed E-state index contributed by atoms with van der Waals surface area (Å²) in [5.74, 6) is 1.03. The van der Waals surface area contributed by atoms with Gasteiger partial charge in [0, 0.05) is 18.5 Å². The predicted molar refractivity (Wildman–Crippen MR) is 103 cm³/mol. The first-order valence-corrected chi connectivity index (χ1v) is 9.39. The van der Waals surface area contributed by atoms with Crippen LogP contribution in [0.5, 0.6) is 5.75 Å². The third kappa shape index (κ3) is 4.15. The lowest BCUT2D eigenvalue weighted by molar-refractivity contribution is -0.120. The van der Waals surface area contributed by atoms with Crippen LogP contribution in [0.25, 0.3) is 0 Å². The van der Waals surface area contributed by atoms with E-state index in [9.17, 15) is 9.59 Å². The van der Waals surface area contributed by atoms with Gasteiger partial charge < -0.3 is 4.74 Å². The van der Waals surface area contributed by atoms with E-state index in [0.717, 1.165) is 24.2 Å². The van der Waals surface area contributed by atoms with E-state index >= 15 is 0 Å². The van der Waals surface area contributed by atoms with Gasteiger partial charge in [-0.1, -0.05) is 26.0 Å². The monoisotopic (exact) mass is 367 g/mol. The molecule has 0 saturated carbocycles. The molecule has 1 aromatic carbocycles. The summed E-state index contributed by atoms with van der Waals surface area (Å²) in [6.07, 6.45) is 4.15. The molecule has 27 heavy (non-hydrogen) atoms. The fourth-order valence-electron chi connectivity index (χ4n) is 3.49. The van der Waals surface area contributed by atoms with Gasteiger partial charge in [0.05, 0.1) is 18.4 Å². The number of fused-ring (bicyclic) bond motifs is 1. The summed E-state index contributed by atoms with van der Waals surface area (Å²) in [5.41, 5.74) is 2.33. The SMILES string of the molecule is CCC(CC)C(=O)Nc1ncc2c(n1)CC(c1ccc(OC)cc1)CC2=O. The van der Waals surface area contributed by atoms with E-state index in [2.05, 4.69) is 15.3 Å². The fourth-order valence-corrected chi connectivity index (χ4v) is 3.49. The normalized spacial score (nSPS) is 16.1. The zero-order chi connectivity index (χ0) is 19.4. The van der Waals surface area contributed by atoms with E-state index in [1.165, 1.54) is 6.20 Å². The molecular weight excluding hydrogens is 342 g/mol. The maximum Gasteiger partial charge on any atom is 0.229 e. The number of anilines is 1. The van der Waals surface area contributed by atoms with E-state index in [1.54, 1.807) is 7.11 Å². The van der Waals surface area contributed by atoms with Gasteiger partial charge >= 0.3 is 0 Å². The maximum atomic E-state index is 12.5. The van der Waals surface area contributed by atoms with Crippen molar-refractivity contribution in [2.24, 2.45) is 5.92 Å². The number of nitrogens with zero attached hydrogens (tertiary/aromatic N) is 2. The molecule has 6 heteroatoms. The number of amides is 1. The smallest absolute Gasteiger partial charge is 0.229 e. The molecule has 1 aromatic heterocycles. The molecule has 142 valence electrons. The molecular formula is C21H25N3O3. The number of hydrogen-bond acceptors (Lipinski definition) is 5. The van der Waals surface area contributed by atoms with Crippen LogP contribution in [0.3, 0.4) is 0 Å². The fraction of sp³-hybridized carbons (Fsp3) is 0.429. The van der Waals surface area contributed by atoms with Crippen LogP contribution in [-0.4, -0.2) is 28.8 Å². The molecule has 0 aliphatic heterocycles. The standard InChI is InChI=1S/C21H25N3O3/c1-4-13(5-2)20(26)24-21-22-12-17-18(23-21)10-15(11-19(17)25)14-6-8-16(27-3)9-7-14/h6-9,12-13,15H,4-5,10-11H2,1-3H3,(H,22,23,24,26). The van der Waals surface area contributed by atoms with Crippen molar-refractivity contribution in [3.8, 4) is 5.75 Å². The highest BCUT2D eigenvalue weighted by molar-refractivity contribution is 5.99. The third-order valence-electron chi connectivity index (χ3n) is 5.22. The molecule has 1 heterocycles. The second-order valence-electron chi connectivity index (χ2n) is 6.86. The minimum absolute atomic E-state index is 0.0370. The molecule has 3 rings (SSSR count). The molecule has 2 aromatic rings. The second kappa shape index (κ2) is 8.29. The summed E-state index contributed by atoms with van der Waals surface area (Å²) in [5, 5.41) is 2.79. The summed E-state index contributed by atoms with van der Waals surface area (Å²) in [7, 11) is 1.63. The average Bonchev–Trinajstić information content (AvgIpc) is 2.68. The van der Waals surface area contributed by atoms with Gasteiger partial charge in [0.1, 0.15) is 5.75 Å². The molecule has 1 aliphatic rings. The Balaban J connectivity index is 1.80. The van der Waals surface area contributed by atoms with E-state index in [1.807, 2.05) is 38.1 Å². The topological polar surface area (TPSA) is 81.2 Å². The van der Waals surface area contributed by atoms with Gasteiger partial charge in [0.15, 0.2) is 5.78 Å². The Labute approximate surface area is 159 Å². The first-order valence-electron chi connectivity index (χ1n) is 9.39. The van der Waals surface area contributed by atoms with Crippen LogP contribution < -0.4 is 10.1 Å². The van der Waals surface area contributed by atoms with Crippen molar-refractivity contribution in [2.45, 2.75) is 45.4 Å². The van der Waals surface area contributed by atoms with E-state index < -0.39 is 0 Å². The van der Waals surface area contributed by atoms with Crippen LogP contribution in [0.2, 0.25) is 0 Å². The number of Topliss-reactive ketones (excluding diaryl/α,β-unsaturated/α-hetero) is 1. The number of ketones is 1. The summed E-state index contributed by atoms with van der Waals surface area (Å²) >= 11 is 0. The molecule has 0 radical (unpaired) electrons. The van der Waals surface area contributed by atoms with E-state index in [-0.39, 0.29) is 29.5 Å². The van der Waals surface area contributed by atoms with Crippen molar-refractivity contribution in [3.63, 3.8) is 0 Å². The Kier molecular flexibility index (Phi) is 5.84. The number of nitrogens with one attached hydrogen (secondary N) is 1. The molecule has 1 aliphatic carbocycles. The lowest BCUT2D eigenvalue weighted by Gasteiger charge is -2.23. The number of methoxy groups -OCH3 is 1. The van der Waals surface area contributed by atoms with Crippen LogP contribution >= 0.6 is 0 Å². The highest BCUT2D eigenvalue weighted by Crippen LogP contribution is 2.32. The van der Waals surface area contributed by atoms with Crippen LogP contribution in [-0.2, 0) is 11.2 Å². The van der Waals surface area contributed by atoms with Gasteiger partial charge in [0.2, 0.25) is 11.9 Å². The number of benzene rings is 1. The minimum Gasteiger partial charge on any atom is -0.497 e. The number of ether oxygens (including phenoxy) is 1. The van der Waals surface area contributed by atoms with Crippen LogP contribution in [0.1, 0.15) is 60.6 Å². The quantitative estimate of drug-likeness (QED) is 0.840. The highest BCUT2D eigenvalue weighted by atomic mass is 16.5. The Morgan fingerprint density at radius 3 is 2.56 bits per heavy atom. The minimum atomic E-state index is -0.0752. The molecule has 0 saturated heterocycles. The Morgan fingerprint density at radius 2 is 1.93 bits per heavy atom. The van der Waals surface area contributed by atoms with E-state index in [4.69, 9.17) is 4.74 Å². The molecule has 6 nitrogen and oxygen atoms in total. The largest absolute Gasteiger partial charge is 0.497 e. The molecule has 1 amide bonds. The first kappa shape index (κ1) is 19.0. The Bertz CT molecular complexity index is 829. The number of rotatable bonds is 6. The predicted octanol–water partition coefficient (Wildman–Crippen LogP) is 3.77. The number of carbonyl (C=O) groups excluding carboxylic acids is 2. The lowest BCUT2D eigenvalue weighted by atomic mass is 9.82. The zero-order valence-electron chi connectivity index (χ0n) is 16.0. The molecule has 0 spiro atoms. The van der Waals surface area contributed by atoms with Crippen molar-refractivity contribution < 1.29 is 14.3 Å². The zero-order valence-corrected chi connectivity index (χ0v) is 16.0. The van der Waals surface area contributed by atoms with Crippen molar-refractivity contribution in [1.29, 1.82) is 0 Å². The van der Waals surface area contributed by atoms with Gasteiger partial charge in [-0.05, 0) is 42.9 Å². The number of carbonyl (C=O) groups is 2. The Morgan fingerprint density at radius 1 is 1.22 bits per heavy atom. The van der Waals surface area contributed by atoms with Crippen LogP contribution in [0, 0.1) is 5.92 Å². The third-order valence-corrected chi connectivity index (χ3v) is 5.22. The molecule has 0 fully saturated rings. The second-order valence-corrected chi connectivity index (χ2v) is 6.86. The molecule has 0 bridgehead atoms. The summed E-state index contributed by atoms with van der Waals surface area (Å²) in [6, 6.07) is 7.77. The maximum absolute atomic E-state index is 12.5. The highest BCUT2D eigenvalue weighted by Gasteiger charge is 2.28. The van der Waals surface area contributed by atoms with Gasteiger partial charge in [0.25, 0.3) is 0 Å². The van der Waals surface area contributed by atoms with Crippen molar-refractivity contribution >= 4 is 17.6 Å². The number of aromatic nitrogens is 2. The molecule has 1 N–H and O–H groups in total. The van der Waals surface area contributed by atoms with Crippen LogP contribution in [0.4, 0.5) is 5.95 Å². The molecule has 1 unspecified atom stereocenters. The van der Waals surface area contributed by atoms with Crippen molar-refractivity contribution in [2.75, 3.05) is 12.4 Å². The molecule has 1 atom stereocenters. The average molecular weight is 367 g/mol. The summed E-state index contributed by atoms with van der Waals surface area (Å²) in [6.45, 7) is 3.97. The van der Waals surface area contributed by atoms with Gasteiger partial charge in [-0.25, -0.2) is 9.97 Å². The lowest BCUT2D eigenvalue weighted by Crippen LogP contribution is -2.25. The summed E-state index contributed by atoms with van der Waals surface area (Å²) in [4.78, 5) is 33.5. The van der Waals surface area contributed by atoms with Gasteiger partial charge in [-0.2, -0.15) is 0 Å². The van der Waals surface area contributed by atoms with Crippen LogP contribution in [0.15, 0.2) is 30.5 Å². The number of hydrogen-bond donors (Lipinski definition) is 1.